The van der Waals surface area contributed by atoms with Gasteiger partial charge in [-0.1, -0.05) is 28.3 Å². The minimum absolute atomic E-state index is 0.131. The lowest BCUT2D eigenvalue weighted by Gasteiger charge is -1.98. The first kappa shape index (κ1) is 10.8. The van der Waals surface area contributed by atoms with Gasteiger partial charge < -0.3 is 0 Å². The van der Waals surface area contributed by atoms with Crippen LogP contribution in [0.2, 0.25) is 10.2 Å². The summed E-state index contributed by atoms with van der Waals surface area (Å²) in [5.41, 5.74) is 8.27. The van der Waals surface area contributed by atoms with E-state index < -0.39 is 0 Å². The van der Waals surface area contributed by atoms with Crippen molar-refractivity contribution in [2.75, 3.05) is 6.54 Å². The van der Waals surface area contributed by atoms with Gasteiger partial charge in [-0.3, -0.25) is 4.79 Å². The van der Waals surface area contributed by atoms with Gasteiger partial charge in [0.25, 0.3) is 0 Å². The van der Waals surface area contributed by atoms with Crippen LogP contribution in [0.4, 0.5) is 0 Å². The lowest BCUT2D eigenvalue weighted by Crippen LogP contribution is -2.03. The van der Waals surface area contributed by atoms with Crippen molar-refractivity contribution in [1.82, 2.24) is 4.98 Å². The number of hydrogen-bond acceptors (Lipinski definition) is 3. The van der Waals surface area contributed by atoms with Crippen molar-refractivity contribution >= 4 is 29.0 Å². The summed E-state index contributed by atoms with van der Waals surface area (Å²) in [5, 5.41) is 3.45. The largest absolute Gasteiger partial charge is 0.294 e. The predicted molar refractivity (Wildman–Crippen MR) is 52.6 cm³/mol. The van der Waals surface area contributed by atoms with Gasteiger partial charge in [-0.05, 0) is 11.6 Å². The molecule has 0 saturated carbocycles. The zero-order chi connectivity index (χ0) is 10.6. The molecule has 1 aromatic rings. The van der Waals surface area contributed by atoms with Crippen LogP contribution in [0.25, 0.3) is 10.4 Å². The summed E-state index contributed by atoms with van der Waals surface area (Å²) in [5.74, 6) is -0.353. The Morgan fingerprint density at radius 3 is 2.93 bits per heavy atom. The fraction of sp³-hybridized carbons (Fsp3) is 0.143. The van der Waals surface area contributed by atoms with E-state index in [0.717, 1.165) is 0 Å². The topological polar surface area (TPSA) is 78.7 Å². The van der Waals surface area contributed by atoms with Crippen LogP contribution < -0.4 is 0 Å². The highest BCUT2D eigenvalue weighted by molar-refractivity contribution is 6.41. The van der Waals surface area contributed by atoms with Crippen LogP contribution in [0.5, 0.6) is 0 Å². The standard InChI is InChI=1S/C7H4Cl2N4O/c8-5-1-4(2-11-7(5)9)6(14)3-12-13-10/h1-2H,3H2. The van der Waals surface area contributed by atoms with E-state index in [-0.39, 0.29) is 28.1 Å². The fourth-order valence-electron chi connectivity index (χ4n) is 0.761. The van der Waals surface area contributed by atoms with Gasteiger partial charge in [-0.25, -0.2) is 4.98 Å². The quantitative estimate of drug-likeness (QED) is 0.263. The third-order valence-electron chi connectivity index (χ3n) is 1.40. The minimum Gasteiger partial charge on any atom is -0.294 e. The van der Waals surface area contributed by atoms with E-state index in [1.807, 2.05) is 0 Å². The van der Waals surface area contributed by atoms with E-state index in [0.29, 0.717) is 0 Å². The van der Waals surface area contributed by atoms with E-state index in [1.165, 1.54) is 12.3 Å². The molecule has 0 unspecified atom stereocenters. The molecule has 0 saturated heterocycles. The molecule has 0 aliphatic heterocycles. The second kappa shape index (κ2) is 4.81. The number of halogens is 2. The molecule has 0 aromatic carbocycles. The van der Waals surface area contributed by atoms with Crippen LogP contribution in [-0.4, -0.2) is 17.3 Å². The molecule has 72 valence electrons. The molecule has 1 heterocycles. The zero-order valence-electron chi connectivity index (χ0n) is 6.81. The highest BCUT2D eigenvalue weighted by Crippen LogP contribution is 2.19. The molecule has 7 heteroatoms. The molecular weight excluding hydrogens is 227 g/mol. The molecule has 0 atom stereocenters. The predicted octanol–water partition coefficient (Wildman–Crippen LogP) is 2.88. The van der Waals surface area contributed by atoms with Crippen molar-refractivity contribution in [3.63, 3.8) is 0 Å². The van der Waals surface area contributed by atoms with Crippen LogP contribution in [0.1, 0.15) is 10.4 Å². The van der Waals surface area contributed by atoms with Crippen molar-refractivity contribution in [1.29, 1.82) is 0 Å². The van der Waals surface area contributed by atoms with Crippen molar-refractivity contribution in [2.24, 2.45) is 5.11 Å². The Hall–Kier alpha value is -1.29. The number of rotatable bonds is 3. The molecule has 0 N–H and O–H groups in total. The number of carbonyl (C=O) groups is 1. The van der Waals surface area contributed by atoms with Gasteiger partial charge in [-0.2, -0.15) is 0 Å². The van der Waals surface area contributed by atoms with E-state index in [2.05, 4.69) is 15.0 Å². The summed E-state index contributed by atoms with van der Waals surface area (Å²) in [6.45, 7) is -0.254. The second-order valence-corrected chi connectivity index (χ2v) is 3.07. The SMILES string of the molecule is [N-]=[N+]=NCC(=O)c1cnc(Cl)c(Cl)c1. The van der Waals surface area contributed by atoms with E-state index >= 15 is 0 Å². The van der Waals surface area contributed by atoms with Gasteiger partial charge in [0.2, 0.25) is 0 Å². The number of carbonyl (C=O) groups excluding carboxylic acids is 1. The fourth-order valence-corrected chi connectivity index (χ4v) is 1.03. The van der Waals surface area contributed by atoms with Gasteiger partial charge in [0.1, 0.15) is 5.15 Å². The molecule has 0 aliphatic rings. The monoisotopic (exact) mass is 230 g/mol. The zero-order valence-corrected chi connectivity index (χ0v) is 8.33. The van der Waals surface area contributed by atoms with Gasteiger partial charge in [0.15, 0.2) is 5.78 Å². The Morgan fingerprint density at radius 1 is 1.64 bits per heavy atom. The Morgan fingerprint density at radius 2 is 2.36 bits per heavy atom. The highest BCUT2D eigenvalue weighted by atomic mass is 35.5. The summed E-state index contributed by atoms with van der Waals surface area (Å²) in [4.78, 5) is 17.4. The molecule has 14 heavy (non-hydrogen) atoms. The van der Waals surface area contributed by atoms with Crippen LogP contribution >= 0.6 is 23.2 Å². The van der Waals surface area contributed by atoms with Gasteiger partial charge in [0.05, 0.1) is 11.6 Å². The maximum Gasteiger partial charge on any atom is 0.170 e. The number of hydrogen-bond donors (Lipinski definition) is 0. The summed E-state index contributed by atoms with van der Waals surface area (Å²) >= 11 is 11.2. The highest BCUT2D eigenvalue weighted by Gasteiger charge is 2.07. The number of pyridine rings is 1. The van der Waals surface area contributed by atoms with Crippen molar-refractivity contribution in [3.05, 3.63) is 38.4 Å². The van der Waals surface area contributed by atoms with Crippen LogP contribution in [-0.2, 0) is 0 Å². The molecule has 0 amide bonds. The van der Waals surface area contributed by atoms with Gasteiger partial charge in [-0.15, -0.1) is 0 Å². The molecule has 5 nitrogen and oxygen atoms in total. The van der Waals surface area contributed by atoms with Crippen molar-refractivity contribution in [2.45, 2.75) is 0 Å². The summed E-state index contributed by atoms with van der Waals surface area (Å²) in [7, 11) is 0. The number of ketones is 1. The van der Waals surface area contributed by atoms with E-state index in [1.54, 1.807) is 0 Å². The third-order valence-corrected chi connectivity index (χ3v) is 2.08. The Balaban J connectivity index is 2.91. The summed E-state index contributed by atoms with van der Waals surface area (Å²) in [6, 6.07) is 1.38. The number of azide groups is 1. The number of aromatic nitrogens is 1. The Bertz CT molecular complexity index is 414. The first-order valence-corrected chi connectivity index (χ1v) is 4.26. The average molecular weight is 231 g/mol. The molecule has 1 aromatic heterocycles. The van der Waals surface area contributed by atoms with Crippen LogP contribution in [0.15, 0.2) is 17.4 Å². The van der Waals surface area contributed by atoms with Gasteiger partial charge >= 0.3 is 0 Å². The molecular formula is C7H4Cl2N4O. The molecule has 0 fully saturated rings. The molecule has 0 bridgehead atoms. The minimum atomic E-state index is -0.353. The first-order chi connectivity index (χ1) is 6.65. The molecule has 1 rings (SSSR count). The van der Waals surface area contributed by atoms with Crippen molar-refractivity contribution < 1.29 is 4.79 Å². The van der Waals surface area contributed by atoms with Crippen LogP contribution in [0, 0.1) is 0 Å². The summed E-state index contributed by atoms with van der Waals surface area (Å²) < 4.78 is 0. The van der Waals surface area contributed by atoms with Gasteiger partial charge in [0, 0.05) is 16.7 Å². The number of Topliss-reactive ketones (excluding diaryl/α,β-unsaturated/α-hetero) is 1. The lowest BCUT2D eigenvalue weighted by molar-refractivity contribution is 0.100. The van der Waals surface area contributed by atoms with Crippen LogP contribution in [0.3, 0.4) is 0 Å². The maximum atomic E-state index is 11.3. The Labute approximate surface area is 89.3 Å². The summed E-state index contributed by atoms with van der Waals surface area (Å²) in [6.07, 6.45) is 1.28. The normalized spacial score (nSPS) is 9.29. The maximum absolute atomic E-state index is 11.3. The second-order valence-electron chi connectivity index (χ2n) is 2.31. The first-order valence-electron chi connectivity index (χ1n) is 3.50. The molecule has 0 radical (unpaired) electrons. The van der Waals surface area contributed by atoms with Crippen molar-refractivity contribution in [3.8, 4) is 0 Å². The van der Waals surface area contributed by atoms with E-state index in [9.17, 15) is 4.79 Å². The number of nitrogens with zero attached hydrogens (tertiary/aromatic N) is 4. The van der Waals surface area contributed by atoms with E-state index in [4.69, 9.17) is 28.7 Å². The molecule has 0 spiro atoms. The molecule has 0 aliphatic carbocycles. The third kappa shape index (κ3) is 2.60. The Kier molecular flexibility index (Phi) is 3.71. The smallest absolute Gasteiger partial charge is 0.170 e. The lowest BCUT2D eigenvalue weighted by atomic mass is 10.2. The average Bonchev–Trinajstić information content (AvgIpc) is 2.18.